The van der Waals surface area contributed by atoms with Crippen LogP contribution >= 0.6 is 0 Å². The highest BCUT2D eigenvalue weighted by Crippen LogP contribution is 2.21. The number of benzene rings is 1. The number of aryl methyl sites for hydroxylation is 1. The molecule has 0 fully saturated rings. The number of nitrogen functional groups attached to an aromatic ring is 1. The third-order valence-electron chi connectivity index (χ3n) is 2.72. The van der Waals surface area contributed by atoms with Gasteiger partial charge in [0.15, 0.2) is 9.84 Å². The Bertz CT molecular complexity index is 672. The molecular formula is C13H13FN2O2S. The van der Waals surface area contributed by atoms with E-state index < -0.39 is 15.7 Å². The third kappa shape index (κ3) is 3.29. The molecule has 1 aromatic carbocycles. The van der Waals surface area contributed by atoms with Gasteiger partial charge in [-0.15, -0.1) is 0 Å². The lowest BCUT2D eigenvalue weighted by atomic mass is 10.2. The van der Waals surface area contributed by atoms with E-state index in [1.165, 1.54) is 6.07 Å². The number of sulfone groups is 1. The van der Waals surface area contributed by atoms with Crippen molar-refractivity contribution in [2.45, 2.75) is 11.3 Å². The van der Waals surface area contributed by atoms with Gasteiger partial charge in [-0.25, -0.2) is 12.8 Å². The molecular weight excluding hydrogens is 267 g/mol. The van der Waals surface area contributed by atoms with Crippen LogP contribution in [-0.4, -0.2) is 19.2 Å². The molecule has 0 spiro atoms. The topological polar surface area (TPSA) is 73.1 Å². The van der Waals surface area contributed by atoms with Gasteiger partial charge in [0, 0.05) is 12.4 Å². The summed E-state index contributed by atoms with van der Waals surface area (Å²) in [5.74, 6) is -0.735. The second-order valence-electron chi connectivity index (χ2n) is 4.11. The fourth-order valence-electron chi connectivity index (χ4n) is 1.69. The van der Waals surface area contributed by atoms with Gasteiger partial charge in [0.1, 0.15) is 5.82 Å². The molecule has 0 saturated carbocycles. The third-order valence-corrected chi connectivity index (χ3v) is 4.48. The Balaban J connectivity index is 2.21. The van der Waals surface area contributed by atoms with Gasteiger partial charge in [0.25, 0.3) is 0 Å². The SMILES string of the molecule is Nc1ccc(F)cc1S(=O)(=O)CCc1ccncc1. The van der Waals surface area contributed by atoms with Crippen molar-refractivity contribution in [3.05, 3.63) is 54.1 Å². The van der Waals surface area contributed by atoms with E-state index in [0.29, 0.717) is 6.42 Å². The summed E-state index contributed by atoms with van der Waals surface area (Å²) >= 11 is 0. The van der Waals surface area contributed by atoms with Crippen LogP contribution in [0.1, 0.15) is 5.56 Å². The average Bonchev–Trinajstić information content (AvgIpc) is 2.40. The zero-order valence-electron chi connectivity index (χ0n) is 10.1. The van der Waals surface area contributed by atoms with Crippen LogP contribution in [0.5, 0.6) is 0 Å². The predicted molar refractivity (Wildman–Crippen MR) is 70.8 cm³/mol. The number of nitrogens with zero attached hydrogens (tertiary/aromatic N) is 1. The summed E-state index contributed by atoms with van der Waals surface area (Å²) in [6.07, 6.45) is 3.53. The van der Waals surface area contributed by atoms with Crippen LogP contribution in [0, 0.1) is 5.82 Å². The number of halogens is 1. The molecule has 0 atom stereocenters. The van der Waals surface area contributed by atoms with Gasteiger partial charge >= 0.3 is 0 Å². The van der Waals surface area contributed by atoms with Crippen molar-refractivity contribution < 1.29 is 12.8 Å². The van der Waals surface area contributed by atoms with Crippen molar-refractivity contribution in [1.82, 2.24) is 4.98 Å². The van der Waals surface area contributed by atoms with E-state index in [4.69, 9.17) is 5.73 Å². The lowest BCUT2D eigenvalue weighted by Gasteiger charge is -2.07. The molecule has 19 heavy (non-hydrogen) atoms. The second-order valence-corrected chi connectivity index (χ2v) is 6.18. The monoisotopic (exact) mass is 280 g/mol. The van der Waals surface area contributed by atoms with Crippen molar-refractivity contribution in [2.75, 3.05) is 11.5 Å². The predicted octanol–water partition coefficient (Wildman–Crippen LogP) is 1.82. The summed E-state index contributed by atoms with van der Waals surface area (Å²) in [5.41, 5.74) is 6.51. The molecule has 2 N–H and O–H groups in total. The lowest BCUT2D eigenvalue weighted by Crippen LogP contribution is -2.12. The molecule has 2 aromatic rings. The summed E-state index contributed by atoms with van der Waals surface area (Å²) in [6, 6.07) is 6.83. The van der Waals surface area contributed by atoms with Crippen LogP contribution in [0.25, 0.3) is 0 Å². The second kappa shape index (κ2) is 5.36. The van der Waals surface area contributed by atoms with Crippen molar-refractivity contribution in [3.8, 4) is 0 Å². The molecule has 0 aliphatic heterocycles. The van der Waals surface area contributed by atoms with E-state index in [2.05, 4.69) is 4.98 Å². The number of hydrogen-bond donors (Lipinski definition) is 1. The maximum absolute atomic E-state index is 13.1. The van der Waals surface area contributed by atoms with Crippen LogP contribution in [0.2, 0.25) is 0 Å². The Hall–Kier alpha value is -1.95. The Morgan fingerprint density at radius 3 is 2.53 bits per heavy atom. The number of nitrogens with two attached hydrogens (primary N) is 1. The van der Waals surface area contributed by atoms with Crippen molar-refractivity contribution in [1.29, 1.82) is 0 Å². The van der Waals surface area contributed by atoms with Crippen LogP contribution in [-0.2, 0) is 16.3 Å². The largest absolute Gasteiger partial charge is 0.398 e. The summed E-state index contributed by atoms with van der Waals surface area (Å²) in [7, 11) is -3.60. The van der Waals surface area contributed by atoms with Crippen LogP contribution in [0.4, 0.5) is 10.1 Å². The van der Waals surface area contributed by atoms with Gasteiger partial charge in [-0.1, -0.05) is 0 Å². The van der Waals surface area contributed by atoms with Crippen molar-refractivity contribution in [3.63, 3.8) is 0 Å². The first-order chi connectivity index (χ1) is 8.99. The maximum Gasteiger partial charge on any atom is 0.180 e. The van der Waals surface area contributed by atoms with Gasteiger partial charge in [-0.05, 0) is 42.3 Å². The Morgan fingerprint density at radius 1 is 1.16 bits per heavy atom. The first-order valence-corrected chi connectivity index (χ1v) is 7.31. The van der Waals surface area contributed by atoms with Gasteiger partial charge in [-0.2, -0.15) is 0 Å². The molecule has 0 amide bonds. The number of hydrogen-bond acceptors (Lipinski definition) is 4. The zero-order chi connectivity index (χ0) is 13.9. The molecule has 1 aromatic heterocycles. The number of rotatable bonds is 4. The van der Waals surface area contributed by atoms with Gasteiger partial charge < -0.3 is 5.73 Å². The van der Waals surface area contributed by atoms with Crippen LogP contribution < -0.4 is 5.73 Å². The minimum absolute atomic E-state index is 0.0659. The standard InChI is InChI=1S/C13H13FN2O2S/c14-11-1-2-12(15)13(9-11)19(17,18)8-5-10-3-6-16-7-4-10/h1-4,6-7,9H,5,8,15H2. The minimum Gasteiger partial charge on any atom is -0.398 e. The maximum atomic E-state index is 13.1. The quantitative estimate of drug-likeness (QED) is 0.867. The summed E-state index contributed by atoms with van der Waals surface area (Å²) in [4.78, 5) is 3.70. The Labute approximate surface area is 111 Å². The van der Waals surface area contributed by atoms with Crippen LogP contribution in [0.15, 0.2) is 47.6 Å². The molecule has 4 nitrogen and oxygen atoms in total. The van der Waals surface area contributed by atoms with Gasteiger partial charge in [0.2, 0.25) is 0 Å². The van der Waals surface area contributed by atoms with E-state index in [0.717, 1.165) is 17.7 Å². The smallest absolute Gasteiger partial charge is 0.180 e. The number of aromatic nitrogens is 1. The average molecular weight is 280 g/mol. The lowest BCUT2D eigenvalue weighted by molar-refractivity contribution is 0.590. The first-order valence-electron chi connectivity index (χ1n) is 5.66. The highest BCUT2D eigenvalue weighted by atomic mass is 32.2. The molecule has 100 valence electrons. The fourth-order valence-corrected chi connectivity index (χ4v) is 3.13. The molecule has 0 aliphatic carbocycles. The molecule has 1 heterocycles. The van der Waals surface area contributed by atoms with Crippen molar-refractivity contribution >= 4 is 15.5 Å². The Kier molecular flexibility index (Phi) is 3.80. The van der Waals surface area contributed by atoms with Gasteiger partial charge in [0.05, 0.1) is 16.3 Å². The van der Waals surface area contributed by atoms with E-state index >= 15 is 0 Å². The number of anilines is 1. The molecule has 6 heteroatoms. The van der Waals surface area contributed by atoms with Crippen LogP contribution in [0.3, 0.4) is 0 Å². The zero-order valence-corrected chi connectivity index (χ0v) is 10.9. The normalized spacial score (nSPS) is 11.4. The molecule has 0 unspecified atom stereocenters. The summed E-state index contributed by atoms with van der Waals surface area (Å²) in [5, 5.41) is 0. The molecule has 2 rings (SSSR count). The first kappa shape index (κ1) is 13.5. The van der Waals surface area contributed by atoms with Crippen molar-refractivity contribution in [2.24, 2.45) is 0 Å². The highest BCUT2D eigenvalue weighted by molar-refractivity contribution is 7.91. The molecule has 0 bridgehead atoms. The van der Waals surface area contributed by atoms with E-state index in [9.17, 15) is 12.8 Å². The Morgan fingerprint density at radius 2 is 1.84 bits per heavy atom. The van der Waals surface area contributed by atoms with E-state index in [1.807, 2.05) is 0 Å². The molecule has 0 saturated heterocycles. The van der Waals surface area contributed by atoms with Gasteiger partial charge in [-0.3, -0.25) is 4.98 Å². The van der Waals surface area contributed by atoms with E-state index in [-0.39, 0.29) is 16.3 Å². The number of pyridine rings is 1. The van der Waals surface area contributed by atoms with E-state index in [1.54, 1.807) is 24.5 Å². The fraction of sp³-hybridized carbons (Fsp3) is 0.154. The molecule has 0 radical (unpaired) electrons. The minimum atomic E-state index is -3.60. The highest BCUT2D eigenvalue weighted by Gasteiger charge is 2.18. The molecule has 0 aliphatic rings. The summed E-state index contributed by atoms with van der Waals surface area (Å²) < 4.78 is 37.3. The summed E-state index contributed by atoms with van der Waals surface area (Å²) in [6.45, 7) is 0.